The molecule has 0 bridgehead atoms. The number of carboxylic acids is 1. The van der Waals surface area contributed by atoms with E-state index in [1.165, 1.54) is 0 Å². The third-order valence-corrected chi connectivity index (χ3v) is 3.56. The van der Waals surface area contributed by atoms with Crippen molar-refractivity contribution in [3.05, 3.63) is 23.9 Å². The number of sulfonamides is 1. The Morgan fingerprint density at radius 2 is 2.10 bits per heavy atom. The van der Waals surface area contributed by atoms with Gasteiger partial charge < -0.3 is 9.84 Å². The van der Waals surface area contributed by atoms with Gasteiger partial charge in [-0.2, -0.15) is 0 Å². The Morgan fingerprint density at radius 1 is 1.40 bits per heavy atom. The maximum atomic E-state index is 11.8. The first-order valence-electron chi connectivity index (χ1n) is 5.71. The number of aromatic nitrogens is 1. The molecule has 0 aliphatic carbocycles. The number of hydrogen-bond acceptors (Lipinski definition) is 6. The van der Waals surface area contributed by atoms with Crippen LogP contribution in [-0.4, -0.2) is 43.6 Å². The van der Waals surface area contributed by atoms with Gasteiger partial charge in [0.2, 0.25) is 0 Å². The predicted octanol–water partition coefficient (Wildman–Crippen LogP) is 0.0113. The molecule has 1 rings (SSSR count). The first-order chi connectivity index (χ1) is 9.36. The Morgan fingerprint density at radius 3 is 2.60 bits per heavy atom. The fraction of sp³-hybridized carbons (Fsp3) is 0.364. The summed E-state index contributed by atoms with van der Waals surface area (Å²) in [5.74, 6) is -1.71. The topological polar surface area (TPSA) is 123 Å². The minimum atomic E-state index is -3.88. The van der Waals surface area contributed by atoms with Crippen LogP contribution in [0.3, 0.4) is 0 Å². The molecule has 0 fully saturated rings. The van der Waals surface area contributed by atoms with Gasteiger partial charge in [-0.05, 0) is 19.1 Å². The van der Waals surface area contributed by atoms with E-state index in [0.29, 0.717) is 0 Å². The SMILES string of the molecule is CCOC(=O)CCNS(=O)(=O)c1ccc(C(=O)O)cn1. The average Bonchev–Trinajstić information content (AvgIpc) is 2.39. The third-order valence-electron chi connectivity index (χ3n) is 2.19. The van der Waals surface area contributed by atoms with Crippen LogP contribution in [0, 0.1) is 0 Å². The van der Waals surface area contributed by atoms with Gasteiger partial charge in [-0.3, -0.25) is 4.79 Å². The molecule has 1 aromatic rings. The molecule has 0 radical (unpaired) electrons. The largest absolute Gasteiger partial charge is 0.478 e. The minimum absolute atomic E-state index is 0.0969. The number of ether oxygens (including phenoxy) is 1. The van der Waals surface area contributed by atoms with Crippen LogP contribution in [0.4, 0.5) is 0 Å². The highest BCUT2D eigenvalue weighted by Gasteiger charge is 2.16. The van der Waals surface area contributed by atoms with Crippen LogP contribution in [0.25, 0.3) is 0 Å². The summed E-state index contributed by atoms with van der Waals surface area (Å²) in [6.07, 6.45) is 0.850. The number of nitrogens with zero attached hydrogens (tertiary/aromatic N) is 1. The van der Waals surface area contributed by atoms with E-state index in [0.717, 1.165) is 18.3 Å². The molecule has 20 heavy (non-hydrogen) atoms. The molecule has 9 heteroatoms. The summed E-state index contributed by atoms with van der Waals surface area (Å²) >= 11 is 0. The zero-order valence-electron chi connectivity index (χ0n) is 10.7. The number of aromatic carboxylic acids is 1. The van der Waals surface area contributed by atoms with Crippen molar-refractivity contribution in [2.45, 2.75) is 18.4 Å². The molecule has 1 aromatic heterocycles. The van der Waals surface area contributed by atoms with Crippen molar-refractivity contribution in [3.8, 4) is 0 Å². The Kier molecular flexibility index (Phi) is 5.59. The summed E-state index contributed by atoms with van der Waals surface area (Å²) in [6.45, 7) is 1.75. The summed E-state index contributed by atoms with van der Waals surface area (Å²) in [7, 11) is -3.88. The zero-order valence-corrected chi connectivity index (χ0v) is 11.5. The lowest BCUT2D eigenvalue weighted by molar-refractivity contribution is -0.142. The molecule has 0 aliphatic heterocycles. The Balaban J connectivity index is 2.64. The molecule has 1 heterocycles. The number of rotatable bonds is 7. The van der Waals surface area contributed by atoms with Crippen molar-refractivity contribution in [1.82, 2.24) is 9.71 Å². The zero-order chi connectivity index (χ0) is 15.2. The van der Waals surface area contributed by atoms with Crippen LogP contribution in [0.2, 0.25) is 0 Å². The smallest absolute Gasteiger partial charge is 0.337 e. The van der Waals surface area contributed by atoms with Crippen LogP contribution in [0.5, 0.6) is 0 Å². The number of carbonyl (C=O) groups excluding carboxylic acids is 1. The number of esters is 1. The lowest BCUT2D eigenvalue weighted by atomic mass is 10.3. The summed E-state index contributed by atoms with van der Waals surface area (Å²) in [4.78, 5) is 25.2. The number of nitrogens with one attached hydrogen (secondary N) is 1. The van der Waals surface area contributed by atoms with Crippen LogP contribution in [-0.2, 0) is 19.6 Å². The van der Waals surface area contributed by atoms with Gasteiger partial charge in [0, 0.05) is 12.7 Å². The van der Waals surface area contributed by atoms with E-state index in [2.05, 4.69) is 14.4 Å². The maximum Gasteiger partial charge on any atom is 0.337 e. The van der Waals surface area contributed by atoms with E-state index in [1.54, 1.807) is 6.92 Å². The lowest BCUT2D eigenvalue weighted by Crippen LogP contribution is -2.27. The standard InChI is InChI=1S/C11H14N2O6S/c1-2-19-10(14)5-6-13-20(17,18)9-4-3-8(7-12-9)11(15)16/h3-4,7,13H,2,5-6H2,1H3,(H,15,16). The van der Waals surface area contributed by atoms with Gasteiger partial charge in [-0.25, -0.2) is 22.9 Å². The lowest BCUT2D eigenvalue weighted by Gasteiger charge is -2.06. The molecule has 8 nitrogen and oxygen atoms in total. The Bertz CT molecular complexity index is 581. The van der Waals surface area contributed by atoms with E-state index in [9.17, 15) is 18.0 Å². The molecule has 0 saturated carbocycles. The second-order valence-corrected chi connectivity index (χ2v) is 5.36. The molecular weight excluding hydrogens is 288 g/mol. The highest BCUT2D eigenvalue weighted by Crippen LogP contribution is 2.06. The fourth-order valence-corrected chi connectivity index (χ4v) is 2.22. The summed E-state index contributed by atoms with van der Waals surface area (Å²) in [5, 5.41) is 8.36. The second-order valence-electron chi connectivity index (χ2n) is 3.64. The number of carbonyl (C=O) groups is 2. The molecule has 2 N–H and O–H groups in total. The quantitative estimate of drug-likeness (QED) is 0.680. The van der Waals surface area contributed by atoms with Crippen LogP contribution in [0.15, 0.2) is 23.4 Å². The highest BCUT2D eigenvalue weighted by molar-refractivity contribution is 7.89. The van der Waals surface area contributed by atoms with Gasteiger partial charge in [-0.15, -0.1) is 0 Å². The summed E-state index contributed by atoms with van der Waals surface area (Å²) in [6, 6.07) is 2.21. The van der Waals surface area contributed by atoms with Gasteiger partial charge in [0.15, 0.2) is 5.03 Å². The van der Waals surface area contributed by atoms with E-state index < -0.39 is 22.0 Å². The van der Waals surface area contributed by atoms with Gasteiger partial charge >= 0.3 is 11.9 Å². The van der Waals surface area contributed by atoms with Crippen molar-refractivity contribution in [1.29, 1.82) is 0 Å². The van der Waals surface area contributed by atoms with Crippen LogP contribution < -0.4 is 4.72 Å². The Hall–Kier alpha value is -2.00. The molecule has 0 aromatic carbocycles. The van der Waals surface area contributed by atoms with Gasteiger partial charge in [-0.1, -0.05) is 0 Å². The molecular formula is C11H14N2O6S. The van der Waals surface area contributed by atoms with Crippen molar-refractivity contribution >= 4 is 22.0 Å². The van der Waals surface area contributed by atoms with E-state index >= 15 is 0 Å². The maximum absolute atomic E-state index is 11.8. The Labute approximate surface area is 115 Å². The van der Waals surface area contributed by atoms with Crippen LogP contribution in [0.1, 0.15) is 23.7 Å². The van der Waals surface area contributed by atoms with Gasteiger partial charge in [0.25, 0.3) is 10.0 Å². The first-order valence-corrected chi connectivity index (χ1v) is 7.19. The van der Waals surface area contributed by atoms with Gasteiger partial charge in [0.05, 0.1) is 18.6 Å². The molecule has 0 unspecified atom stereocenters. The molecule has 110 valence electrons. The summed E-state index contributed by atoms with van der Waals surface area (Å²) < 4.78 is 30.4. The van der Waals surface area contributed by atoms with E-state index in [1.807, 2.05) is 0 Å². The van der Waals surface area contributed by atoms with Crippen molar-refractivity contribution in [2.75, 3.05) is 13.2 Å². The molecule has 0 amide bonds. The summed E-state index contributed by atoms with van der Waals surface area (Å²) in [5.41, 5.74) is -0.115. The first kappa shape index (κ1) is 16.1. The molecule has 0 aliphatic rings. The number of pyridine rings is 1. The monoisotopic (exact) mass is 302 g/mol. The minimum Gasteiger partial charge on any atom is -0.478 e. The number of carboxylic acid groups (broad SMARTS) is 1. The van der Waals surface area contributed by atoms with Crippen molar-refractivity contribution in [3.63, 3.8) is 0 Å². The van der Waals surface area contributed by atoms with E-state index in [-0.39, 0.29) is 30.2 Å². The normalized spacial score (nSPS) is 11.1. The van der Waals surface area contributed by atoms with E-state index in [4.69, 9.17) is 5.11 Å². The predicted molar refractivity (Wildman–Crippen MR) is 67.6 cm³/mol. The van der Waals surface area contributed by atoms with Crippen molar-refractivity contribution in [2.24, 2.45) is 0 Å². The molecule has 0 spiro atoms. The number of hydrogen-bond donors (Lipinski definition) is 2. The third kappa shape index (κ3) is 4.59. The highest BCUT2D eigenvalue weighted by atomic mass is 32.2. The molecule has 0 saturated heterocycles. The van der Waals surface area contributed by atoms with Crippen LogP contribution >= 0.6 is 0 Å². The second kappa shape index (κ2) is 6.96. The average molecular weight is 302 g/mol. The fourth-order valence-electron chi connectivity index (χ4n) is 1.26. The van der Waals surface area contributed by atoms with Crippen molar-refractivity contribution < 1.29 is 27.9 Å². The molecule has 0 atom stereocenters. The van der Waals surface area contributed by atoms with Gasteiger partial charge in [0.1, 0.15) is 0 Å².